The van der Waals surface area contributed by atoms with Crippen molar-refractivity contribution in [1.29, 1.82) is 0 Å². The smallest absolute Gasteiger partial charge is 0.119 e. The Balaban J connectivity index is 2.02. The van der Waals surface area contributed by atoms with E-state index in [1.54, 1.807) is 0 Å². The van der Waals surface area contributed by atoms with Crippen LogP contribution >= 0.6 is 0 Å². The molecule has 0 aliphatic carbocycles. The quantitative estimate of drug-likeness (QED) is 0.864. The van der Waals surface area contributed by atoms with Crippen LogP contribution in [0.1, 0.15) is 24.8 Å². The highest BCUT2D eigenvalue weighted by molar-refractivity contribution is 5.31. The normalized spacial score (nSPS) is 25.1. The predicted octanol–water partition coefficient (Wildman–Crippen LogP) is 1.83. The van der Waals surface area contributed by atoms with Gasteiger partial charge in [0.05, 0.1) is 6.61 Å². The Bertz CT molecular complexity index is 350. The van der Waals surface area contributed by atoms with E-state index in [4.69, 9.17) is 10.5 Å². The van der Waals surface area contributed by atoms with Gasteiger partial charge in [0.15, 0.2) is 0 Å². The number of benzene rings is 1. The number of nitrogens with zero attached hydrogens (tertiary/aromatic N) is 1. The molecular formula is C14H22N2O. The van der Waals surface area contributed by atoms with E-state index in [1.165, 1.54) is 5.56 Å². The van der Waals surface area contributed by atoms with E-state index in [0.29, 0.717) is 5.92 Å². The van der Waals surface area contributed by atoms with Gasteiger partial charge in [-0.2, -0.15) is 0 Å². The first-order valence-electron chi connectivity index (χ1n) is 6.37. The van der Waals surface area contributed by atoms with Crippen LogP contribution in [0.15, 0.2) is 24.3 Å². The molecule has 94 valence electrons. The minimum absolute atomic E-state index is 0.252. The molecule has 1 aliphatic heterocycles. The summed E-state index contributed by atoms with van der Waals surface area (Å²) in [6.45, 7) is 4.93. The molecule has 1 aromatic carbocycles. The van der Waals surface area contributed by atoms with Gasteiger partial charge in [-0.3, -0.25) is 0 Å². The molecule has 1 fully saturated rings. The van der Waals surface area contributed by atoms with E-state index in [-0.39, 0.29) is 6.04 Å². The van der Waals surface area contributed by atoms with Crippen LogP contribution in [0.4, 0.5) is 0 Å². The van der Waals surface area contributed by atoms with Crippen LogP contribution in [-0.2, 0) is 0 Å². The summed E-state index contributed by atoms with van der Waals surface area (Å²) < 4.78 is 5.58. The van der Waals surface area contributed by atoms with Crippen molar-refractivity contribution in [3.05, 3.63) is 29.8 Å². The monoisotopic (exact) mass is 234 g/mol. The first kappa shape index (κ1) is 12.4. The van der Waals surface area contributed by atoms with Crippen LogP contribution in [0, 0.1) is 0 Å². The van der Waals surface area contributed by atoms with Crippen molar-refractivity contribution in [2.75, 3.05) is 26.7 Å². The van der Waals surface area contributed by atoms with Crippen molar-refractivity contribution >= 4 is 0 Å². The Morgan fingerprint density at radius 3 is 2.53 bits per heavy atom. The fraction of sp³-hybridized carbons (Fsp3) is 0.571. The molecule has 0 bridgehead atoms. The fourth-order valence-corrected chi connectivity index (χ4v) is 2.42. The fourth-order valence-electron chi connectivity index (χ4n) is 2.42. The molecule has 0 radical (unpaired) electrons. The number of nitrogens with two attached hydrogens (primary N) is 1. The average molecular weight is 234 g/mol. The standard InChI is InChI=1S/C14H22N2O/c1-3-8-17-12-6-4-11(5-7-12)13-9-16(2)10-14(13)15/h4-7,13-14H,3,8-10,15H2,1-2H3. The number of ether oxygens (including phenoxy) is 1. The van der Waals surface area contributed by atoms with E-state index in [2.05, 4.69) is 43.1 Å². The second kappa shape index (κ2) is 5.52. The van der Waals surface area contributed by atoms with E-state index in [0.717, 1.165) is 31.9 Å². The van der Waals surface area contributed by atoms with Gasteiger partial charge in [0.2, 0.25) is 0 Å². The number of hydrogen-bond acceptors (Lipinski definition) is 3. The van der Waals surface area contributed by atoms with Gasteiger partial charge >= 0.3 is 0 Å². The summed E-state index contributed by atoms with van der Waals surface area (Å²) in [4.78, 5) is 2.29. The van der Waals surface area contributed by atoms with Gasteiger partial charge < -0.3 is 15.4 Å². The zero-order chi connectivity index (χ0) is 12.3. The van der Waals surface area contributed by atoms with Crippen LogP contribution in [-0.4, -0.2) is 37.7 Å². The molecule has 1 aliphatic rings. The third-order valence-corrected chi connectivity index (χ3v) is 3.33. The SMILES string of the molecule is CCCOc1ccc(C2CN(C)CC2N)cc1. The van der Waals surface area contributed by atoms with E-state index in [9.17, 15) is 0 Å². The van der Waals surface area contributed by atoms with E-state index < -0.39 is 0 Å². The van der Waals surface area contributed by atoms with Crippen molar-refractivity contribution in [3.8, 4) is 5.75 Å². The molecule has 0 amide bonds. The largest absolute Gasteiger partial charge is 0.494 e. The zero-order valence-electron chi connectivity index (χ0n) is 10.7. The van der Waals surface area contributed by atoms with Gasteiger partial charge in [0, 0.05) is 25.0 Å². The minimum Gasteiger partial charge on any atom is -0.494 e. The Hall–Kier alpha value is -1.06. The molecule has 2 rings (SSSR count). The summed E-state index contributed by atoms with van der Waals surface area (Å²) >= 11 is 0. The van der Waals surface area contributed by atoms with Gasteiger partial charge in [-0.15, -0.1) is 0 Å². The first-order chi connectivity index (χ1) is 8.20. The summed E-state index contributed by atoms with van der Waals surface area (Å²) in [5.74, 6) is 1.41. The van der Waals surface area contributed by atoms with Gasteiger partial charge in [0.25, 0.3) is 0 Å². The molecule has 3 nitrogen and oxygen atoms in total. The van der Waals surface area contributed by atoms with Gasteiger partial charge in [-0.25, -0.2) is 0 Å². The summed E-state index contributed by atoms with van der Waals surface area (Å²) in [5, 5.41) is 0. The van der Waals surface area contributed by atoms with Crippen molar-refractivity contribution in [1.82, 2.24) is 4.90 Å². The first-order valence-corrected chi connectivity index (χ1v) is 6.37. The highest BCUT2D eigenvalue weighted by atomic mass is 16.5. The van der Waals surface area contributed by atoms with Crippen LogP contribution in [0.2, 0.25) is 0 Å². The van der Waals surface area contributed by atoms with Gasteiger partial charge in [-0.1, -0.05) is 19.1 Å². The Morgan fingerprint density at radius 1 is 1.29 bits per heavy atom. The lowest BCUT2D eigenvalue weighted by molar-refractivity contribution is 0.317. The van der Waals surface area contributed by atoms with Crippen LogP contribution in [0.3, 0.4) is 0 Å². The van der Waals surface area contributed by atoms with Crippen LogP contribution in [0.5, 0.6) is 5.75 Å². The molecule has 0 saturated carbocycles. The van der Waals surface area contributed by atoms with E-state index in [1.807, 2.05) is 0 Å². The van der Waals surface area contributed by atoms with Crippen molar-refractivity contribution in [3.63, 3.8) is 0 Å². The third kappa shape index (κ3) is 2.99. The lowest BCUT2D eigenvalue weighted by Gasteiger charge is -2.15. The maximum absolute atomic E-state index is 6.15. The van der Waals surface area contributed by atoms with Gasteiger partial charge in [-0.05, 0) is 31.2 Å². The molecule has 2 unspecified atom stereocenters. The summed E-state index contributed by atoms with van der Waals surface area (Å²) in [6, 6.07) is 8.65. The maximum atomic E-state index is 6.15. The van der Waals surface area contributed by atoms with Crippen LogP contribution < -0.4 is 10.5 Å². The third-order valence-electron chi connectivity index (χ3n) is 3.33. The average Bonchev–Trinajstić information content (AvgIpc) is 2.66. The van der Waals surface area contributed by atoms with Gasteiger partial charge in [0.1, 0.15) is 5.75 Å². The molecule has 2 atom stereocenters. The summed E-state index contributed by atoms with van der Waals surface area (Å²) in [7, 11) is 2.12. The molecule has 0 aromatic heterocycles. The topological polar surface area (TPSA) is 38.5 Å². The molecule has 1 heterocycles. The molecule has 2 N–H and O–H groups in total. The van der Waals surface area contributed by atoms with Crippen molar-refractivity contribution < 1.29 is 4.74 Å². The minimum atomic E-state index is 0.252. The van der Waals surface area contributed by atoms with E-state index >= 15 is 0 Å². The Morgan fingerprint density at radius 2 is 2.00 bits per heavy atom. The number of likely N-dealkylation sites (tertiary alicyclic amines) is 1. The van der Waals surface area contributed by atoms with Crippen molar-refractivity contribution in [2.24, 2.45) is 5.73 Å². The number of rotatable bonds is 4. The maximum Gasteiger partial charge on any atom is 0.119 e. The molecule has 1 saturated heterocycles. The second-order valence-electron chi connectivity index (χ2n) is 4.91. The second-order valence-corrected chi connectivity index (χ2v) is 4.91. The summed E-state index contributed by atoms with van der Waals surface area (Å²) in [6.07, 6.45) is 1.04. The van der Waals surface area contributed by atoms with Crippen LogP contribution in [0.25, 0.3) is 0 Å². The van der Waals surface area contributed by atoms with Crippen molar-refractivity contribution in [2.45, 2.75) is 25.3 Å². The Kier molecular flexibility index (Phi) is 4.02. The molecule has 0 spiro atoms. The molecule has 3 heteroatoms. The molecule has 17 heavy (non-hydrogen) atoms. The highest BCUT2D eigenvalue weighted by Gasteiger charge is 2.28. The zero-order valence-corrected chi connectivity index (χ0v) is 10.7. The predicted molar refractivity (Wildman–Crippen MR) is 70.4 cm³/mol. The number of likely N-dealkylation sites (N-methyl/N-ethyl adjacent to an activating group) is 1. The lowest BCUT2D eigenvalue weighted by Crippen LogP contribution is -2.27. The molecule has 1 aromatic rings. The summed E-state index contributed by atoms with van der Waals surface area (Å²) in [5.41, 5.74) is 7.47. The Labute approximate surface area is 104 Å². The highest BCUT2D eigenvalue weighted by Crippen LogP contribution is 2.27. The lowest BCUT2D eigenvalue weighted by atomic mass is 9.95. The number of hydrogen-bond donors (Lipinski definition) is 1. The molecular weight excluding hydrogens is 212 g/mol.